The second-order valence-corrected chi connectivity index (χ2v) is 6.84. The second kappa shape index (κ2) is 6.25. The van der Waals surface area contributed by atoms with Crippen LogP contribution >= 0.6 is 0 Å². The molecule has 0 amide bonds. The van der Waals surface area contributed by atoms with Crippen molar-refractivity contribution in [2.75, 3.05) is 24.6 Å². The van der Waals surface area contributed by atoms with Crippen LogP contribution in [0.15, 0.2) is 30.6 Å². The zero-order valence-corrected chi connectivity index (χ0v) is 14.7. The maximum Gasteiger partial charge on any atom is 0.132 e. The molecule has 4 heterocycles. The minimum Gasteiger partial charge on any atom is -0.494 e. The van der Waals surface area contributed by atoms with Gasteiger partial charge < -0.3 is 14.4 Å². The summed E-state index contributed by atoms with van der Waals surface area (Å²) >= 11 is 0. The number of hydrogen-bond acceptors (Lipinski definition) is 6. The molecule has 26 heavy (non-hydrogen) atoms. The van der Waals surface area contributed by atoms with Gasteiger partial charge in [-0.15, -0.1) is 0 Å². The average Bonchev–Trinajstić information content (AvgIpc) is 3.24. The third-order valence-corrected chi connectivity index (χ3v) is 5.11. The number of fused-ring (bicyclic) bond motifs is 3. The number of rotatable bonds is 4. The van der Waals surface area contributed by atoms with Gasteiger partial charge in [0.1, 0.15) is 23.6 Å². The van der Waals surface area contributed by atoms with Crippen molar-refractivity contribution in [2.24, 2.45) is 0 Å². The predicted octanol–water partition coefficient (Wildman–Crippen LogP) is 2.79. The van der Waals surface area contributed by atoms with E-state index in [4.69, 9.17) is 9.47 Å². The van der Waals surface area contributed by atoms with E-state index in [1.165, 1.54) is 0 Å². The highest BCUT2D eigenvalue weighted by atomic mass is 16.5. The van der Waals surface area contributed by atoms with Crippen LogP contribution in [-0.2, 0) is 4.74 Å². The van der Waals surface area contributed by atoms with E-state index in [-0.39, 0.29) is 0 Å². The van der Waals surface area contributed by atoms with Gasteiger partial charge in [0, 0.05) is 24.5 Å². The SMILES string of the molecule is CCOc1ccc2[nH]nc(-c3cc(N4CC5CCC(C4)O5)ncn3)c2c1. The van der Waals surface area contributed by atoms with Crippen molar-refractivity contribution in [3.8, 4) is 17.1 Å². The van der Waals surface area contributed by atoms with E-state index in [1.807, 2.05) is 31.2 Å². The van der Waals surface area contributed by atoms with E-state index in [2.05, 4.69) is 25.1 Å². The van der Waals surface area contributed by atoms with E-state index < -0.39 is 0 Å². The first kappa shape index (κ1) is 15.6. The summed E-state index contributed by atoms with van der Waals surface area (Å²) in [6, 6.07) is 7.96. The van der Waals surface area contributed by atoms with Gasteiger partial charge in [-0.2, -0.15) is 5.10 Å². The van der Waals surface area contributed by atoms with Gasteiger partial charge in [-0.05, 0) is 38.0 Å². The molecule has 1 aromatic carbocycles. The molecule has 2 saturated heterocycles. The largest absolute Gasteiger partial charge is 0.494 e. The summed E-state index contributed by atoms with van der Waals surface area (Å²) < 4.78 is 11.6. The van der Waals surface area contributed by atoms with Crippen LogP contribution in [0.4, 0.5) is 5.82 Å². The van der Waals surface area contributed by atoms with E-state index in [0.29, 0.717) is 18.8 Å². The number of aromatic nitrogens is 4. The Bertz CT molecular complexity index is 929. The van der Waals surface area contributed by atoms with Crippen LogP contribution in [0.25, 0.3) is 22.3 Å². The van der Waals surface area contributed by atoms with E-state index >= 15 is 0 Å². The quantitative estimate of drug-likeness (QED) is 0.779. The summed E-state index contributed by atoms with van der Waals surface area (Å²) in [5, 5.41) is 8.56. The number of ether oxygens (including phenoxy) is 2. The van der Waals surface area contributed by atoms with Gasteiger partial charge in [-0.25, -0.2) is 9.97 Å². The molecule has 2 atom stereocenters. The molecule has 2 unspecified atom stereocenters. The fraction of sp³-hybridized carbons (Fsp3) is 0.421. The number of nitrogens with one attached hydrogen (secondary N) is 1. The molecule has 0 radical (unpaired) electrons. The number of H-pyrrole nitrogens is 1. The number of anilines is 1. The minimum absolute atomic E-state index is 0.326. The van der Waals surface area contributed by atoms with Gasteiger partial charge in [0.15, 0.2) is 0 Å². The Kier molecular flexibility index (Phi) is 3.74. The highest BCUT2D eigenvalue weighted by Gasteiger charge is 2.34. The van der Waals surface area contributed by atoms with Gasteiger partial charge in [-0.1, -0.05) is 0 Å². The minimum atomic E-state index is 0.326. The standard InChI is InChI=1S/C19H21N5O2/c1-2-25-12-5-6-16-15(7-12)19(23-22-16)17-8-18(21-11-20-17)24-9-13-3-4-14(10-24)26-13/h5-8,11,13-14H,2-4,9-10H2,1H3,(H,22,23). The summed E-state index contributed by atoms with van der Waals surface area (Å²) in [7, 11) is 0. The Hall–Kier alpha value is -2.67. The van der Waals surface area contributed by atoms with Crippen molar-refractivity contribution in [1.82, 2.24) is 20.2 Å². The first-order valence-corrected chi connectivity index (χ1v) is 9.14. The highest BCUT2D eigenvalue weighted by Crippen LogP contribution is 2.32. The molecular formula is C19H21N5O2. The van der Waals surface area contributed by atoms with Gasteiger partial charge in [0.2, 0.25) is 0 Å². The van der Waals surface area contributed by atoms with Crippen molar-refractivity contribution < 1.29 is 9.47 Å². The lowest BCUT2D eigenvalue weighted by Crippen LogP contribution is -2.43. The van der Waals surface area contributed by atoms with Crippen molar-refractivity contribution in [1.29, 1.82) is 0 Å². The second-order valence-electron chi connectivity index (χ2n) is 6.84. The molecule has 7 nitrogen and oxygen atoms in total. The molecule has 2 aliphatic rings. The third-order valence-electron chi connectivity index (χ3n) is 5.11. The summed E-state index contributed by atoms with van der Waals surface area (Å²) in [4.78, 5) is 11.3. The normalized spacial score (nSPS) is 22.1. The molecule has 7 heteroatoms. The molecule has 2 aromatic heterocycles. The van der Waals surface area contributed by atoms with Crippen LogP contribution < -0.4 is 9.64 Å². The maximum atomic E-state index is 5.93. The summed E-state index contributed by atoms with van der Waals surface area (Å²) in [5.74, 6) is 1.77. The van der Waals surface area contributed by atoms with Crippen molar-refractivity contribution >= 4 is 16.7 Å². The number of hydrogen-bond donors (Lipinski definition) is 1. The van der Waals surface area contributed by atoms with Crippen LogP contribution in [0.3, 0.4) is 0 Å². The Labute approximate surface area is 151 Å². The predicted molar refractivity (Wildman–Crippen MR) is 98.4 cm³/mol. The molecule has 5 rings (SSSR count). The van der Waals surface area contributed by atoms with Crippen LogP contribution in [0.1, 0.15) is 19.8 Å². The topological polar surface area (TPSA) is 76.2 Å². The van der Waals surface area contributed by atoms with Crippen LogP contribution in [0.5, 0.6) is 5.75 Å². The van der Waals surface area contributed by atoms with E-state index in [0.717, 1.165) is 59.8 Å². The zero-order valence-electron chi connectivity index (χ0n) is 14.7. The molecule has 3 aromatic rings. The van der Waals surface area contributed by atoms with Crippen molar-refractivity contribution in [2.45, 2.75) is 32.0 Å². The van der Waals surface area contributed by atoms with Crippen LogP contribution in [0, 0.1) is 0 Å². The number of nitrogens with zero attached hydrogens (tertiary/aromatic N) is 4. The summed E-state index contributed by atoms with van der Waals surface area (Å²) in [5.41, 5.74) is 2.60. The lowest BCUT2D eigenvalue weighted by Gasteiger charge is -2.32. The first-order valence-electron chi connectivity index (χ1n) is 9.14. The summed E-state index contributed by atoms with van der Waals surface area (Å²) in [6.45, 7) is 4.40. The van der Waals surface area contributed by atoms with Crippen LogP contribution in [0.2, 0.25) is 0 Å². The number of benzene rings is 1. The monoisotopic (exact) mass is 351 g/mol. The molecule has 0 saturated carbocycles. The molecule has 1 N–H and O–H groups in total. The lowest BCUT2D eigenvalue weighted by atomic mass is 10.1. The molecule has 134 valence electrons. The smallest absolute Gasteiger partial charge is 0.132 e. The van der Waals surface area contributed by atoms with Crippen molar-refractivity contribution in [3.05, 3.63) is 30.6 Å². The lowest BCUT2D eigenvalue weighted by molar-refractivity contribution is 0.0302. The highest BCUT2D eigenvalue weighted by molar-refractivity contribution is 5.93. The molecule has 0 aliphatic carbocycles. The molecular weight excluding hydrogens is 330 g/mol. The third kappa shape index (κ3) is 2.68. The van der Waals surface area contributed by atoms with Gasteiger partial charge in [0.05, 0.1) is 30.0 Å². The van der Waals surface area contributed by atoms with Gasteiger partial charge in [0.25, 0.3) is 0 Å². The summed E-state index contributed by atoms with van der Waals surface area (Å²) in [6.07, 6.45) is 4.56. The van der Waals surface area contributed by atoms with Gasteiger partial charge >= 0.3 is 0 Å². The number of morpholine rings is 1. The van der Waals surface area contributed by atoms with E-state index in [9.17, 15) is 0 Å². The Morgan fingerprint density at radius 3 is 2.85 bits per heavy atom. The Morgan fingerprint density at radius 2 is 2.04 bits per heavy atom. The molecule has 0 spiro atoms. The van der Waals surface area contributed by atoms with Crippen molar-refractivity contribution in [3.63, 3.8) is 0 Å². The van der Waals surface area contributed by atoms with Crippen LogP contribution in [-0.4, -0.2) is 52.1 Å². The fourth-order valence-corrected chi connectivity index (χ4v) is 3.90. The zero-order chi connectivity index (χ0) is 17.5. The Morgan fingerprint density at radius 1 is 1.19 bits per heavy atom. The van der Waals surface area contributed by atoms with E-state index in [1.54, 1.807) is 6.33 Å². The molecule has 2 fully saturated rings. The fourth-order valence-electron chi connectivity index (χ4n) is 3.90. The molecule has 2 bridgehead atoms. The molecule has 2 aliphatic heterocycles. The average molecular weight is 351 g/mol. The maximum absolute atomic E-state index is 5.93. The Balaban J connectivity index is 1.50. The number of aromatic amines is 1. The first-order chi connectivity index (χ1) is 12.8. The van der Waals surface area contributed by atoms with Gasteiger partial charge in [-0.3, -0.25) is 5.10 Å².